The molecule has 1 N–H and O–H groups in total. The van der Waals surface area contributed by atoms with Crippen LogP contribution in [-0.4, -0.2) is 13.2 Å². The molecule has 94 valence electrons. The van der Waals surface area contributed by atoms with Crippen LogP contribution in [0, 0.1) is 6.92 Å². The number of hydrogen-bond donors (Lipinski definition) is 1. The topological polar surface area (TPSA) is 21.3 Å². The number of nitrogens with one attached hydrogen (secondary N) is 1. The molecule has 0 heterocycles. The zero-order valence-electron chi connectivity index (χ0n) is 10.3. The Balaban J connectivity index is 1.77. The molecule has 0 amide bonds. The van der Waals surface area contributed by atoms with Gasteiger partial charge in [0.15, 0.2) is 0 Å². The highest BCUT2D eigenvalue weighted by atomic mass is 35.5. The van der Waals surface area contributed by atoms with Gasteiger partial charge >= 0.3 is 0 Å². The van der Waals surface area contributed by atoms with Gasteiger partial charge in [0.25, 0.3) is 0 Å². The van der Waals surface area contributed by atoms with Gasteiger partial charge in [-0.2, -0.15) is 0 Å². The van der Waals surface area contributed by atoms with Gasteiger partial charge in [-0.25, -0.2) is 0 Å². The summed E-state index contributed by atoms with van der Waals surface area (Å²) >= 11 is 6.05. The Kier molecular flexibility index (Phi) is 4.48. The molecule has 2 aromatic rings. The summed E-state index contributed by atoms with van der Waals surface area (Å²) in [6, 6.07) is 15.7. The quantitative estimate of drug-likeness (QED) is 0.817. The molecule has 0 aromatic heterocycles. The van der Waals surface area contributed by atoms with Crippen molar-refractivity contribution in [3.8, 4) is 5.75 Å². The van der Waals surface area contributed by atoms with Gasteiger partial charge in [-0.05, 0) is 36.8 Å². The van der Waals surface area contributed by atoms with Crippen molar-refractivity contribution in [1.82, 2.24) is 0 Å². The zero-order chi connectivity index (χ0) is 12.8. The third-order valence-corrected chi connectivity index (χ3v) is 3.02. The highest BCUT2D eigenvalue weighted by molar-refractivity contribution is 6.31. The van der Waals surface area contributed by atoms with E-state index in [-0.39, 0.29) is 0 Å². The van der Waals surface area contributed by atoms with Crippen LogP contribution in [0.2, 0.25) is 5.02 Å². The van der Waals surface area contributed by atoms with E-state index < -0.39 is 0 Å². The van der Waals surface area contributed by atoms with E-state index in [2.05, 4.69) is 5.32 Å². The standard InChI is InChI=1S/C15H16ClNO/c1-12-7-8-13(11-15(12)16)17-9-10-18-14-5-3-2-4-6-14/h2-8,11,17H,9-10H2,1H3. The second-order valence-electron chi connectivity index (χ2n) is 4.05. The third-order valence-electron chi connectivity index (χ3n) is 2.61. The Morgan fingerprint density at radius 3 is 2.61 bits per heavy atom. The second-order valence-corrected chi connectivity index (χ2v) is 4.46. The molecule has 0 saturated heterocycles. The molecule has 18 heavy (non-hydrogen) atoms. The van der Waals surface area contributed by atoms with Gasteiger partial charge in [0.1, 0.15) is 12.4 Å². The number of para-hydroxylation sites is 1. The van der Waals surface area contributed by atoms with Gasteiger partial charge in [0, 0.05) is 17.3 Å². The largest absolute Gasteiger partial charge is 0.492 e. The average Bonchev–Trinajstić information content (AvgIpc) is 2.40. The minimum atomic E-state index is 0.621. The van der Waals surface area contributed by atoms with Crippen molar-refractivity contribution in [2.24, 2.45) is 0 Å². The fraction of sp³-hybridized carbons (Fsp3) is 0.200. The van der Waals surface area contributed by atoms with E-state index in [9.17, 15) is 0 Å². The fourth-order valence-corrected chi connectivity index (χ4v) is 1.76. The van der Waals surface area contributed by atoms with Crippen molar-refractivity contribution in [3.63, 3.8) is 0 Å². The first-order valence-corrected chi connectivity index (χ1v) is 6.31. The van der Waals surface area contributed by atoms with E-state index in [0.717, 1.165) is 28.6 Å². The van der Waals surface area contributed by atoms with Crippen molar-refractivity contribution in [2.75, 3.05) is 18.5 Å². The normalized spacial score (nSPS) is 10.1. The maximum Gasteiger partial charge on any atom is 0.119 e. The van der Waals surface area contributed by atoms with Crippen molar-refractivity contribution in [2.45, 2.75) is 6.92 Å². The summed E-state index contributed by atoms with van der Waals surface area (Å²) < 4.78 is 5.59. The summed E-state index contributed by atoms with van der Waals surface area (Å²) in [5.41, 5.74) is 2.10. The predicted octanol–water partition coefficient (Wildman–Crippen LogP) is 4.14. The molecular weight excluding hydrogens is 246 g/mol. The lowest BCUT2D eigenvalue weighted by molar-refractivity contribution is 0.333. The number of rotatable bonds is 5. The van der Waals surface area contributed by atoms with Crippen molar-refractivity contribution in [1.29, 1.82) is 0 Å². The van der Waals surface area contributed by atoms with E-state index in [0.29, 0.717) is 6.61 Å². The van der Waals surface area contributed by atoms with Gasteiger partial charge in [-0.1, -0.05) is 35.9 Å². The molecule has 0 aliphatic heterocycles. The first-order chi connectivity index (χ1) is 8.75. The van der Waals surface area contributed by atoms with E-state index in [4.69, 9.17) is 16.3 Å². The molecule has 2 nitrogen and oxygen atoms in total. The number of benzene rings is 2. The van der Waals surface area contributed by atoms with E-state index in [1.165, 1.54) is 0 Å². The molecule has 0 unspecified atom stereocenters. The summed E-state index contributed by atoms with van der Waals surface area (Å²) in [6.45, 7) is 3.36. The molecule has 3 heteroatoms. The van der Waals surface area contributed by atoms with Crippen LogP contribution in [0.5, 0.6) is 5.75 Å². The van der Waals surface area contributed by atoms with E-state index >= 15 is 0 Å². The van der Waals surface area contributed by atoms with Crippen LogP contribution >= 0.6 is 11.6 Å². The van der Waals surface area contributed by atoms with Crippen LogP contribution < -0.4 is 10.1 Å². The number of aryl methyl sites for hydroxylation is 1. The maximum absolute atomic E-state index is 6.05. The molecule has 2 rings (SSSR count). The summed E-state index contributed by atoms with van der Waals surface area (Å²) in [5, 5.41) is 4.05. The minimum absolute atomic E-state index is 0.621. The zero-order valence-corrected chi connectivity index (χ0v) is 11.1. The molecule has 2 aromatic carbocycles. The Morgan fingerprint density at radius 1 is 1.11 bits per heavy atom. The van der Waals surface area contributed by atoms with Gasteiger partial charge in [0.05, 0.1) is 0 Å². The Labute approximate surface area is 113 Å². The van der Waals surface area contributed by atoms with Crippen LogP contribution in [0.1, 0.15) is 5.56 Å². The second kappa shape index (κ2) is 6.31. The molecule has 0 spiro atoms. The van der Waals surface area contributed by atoms with E-state index in [1.807, 2.05) is 55.5 Å². The Morgan fingerprint density at radius 2 is 1.89 bits per heavy atom. The van der Waals surface area contributed by atoms with Crippen LogP contribution in [-0.2, 0) is 0 Å². The van der Waals surface area contributed by atoms with Gasteiger partial charge < -0.3 is 10.1 Å². The van der Waals surface area contributed by atoms with Gasteiger partial charge in [0.2, 0.25) is 0 Å². The molecule has 0 atom stereocenters. The van der Waals surface area contributed by atoms with Gasteiger partial charge in [-0.3, -0.25) is 0 Å². The van der Waals surface area contributed by atoms with Crippen molar-refractivity contribution >= 4 is 17.3 Å². The molecular formula is C15H16ClNO. The molecule has 0 aliphatic carbocycles. The Bertz CT molecular complexity index is 499. The first-order valence-electron chi connectivity index (χ1n) is 5.93. The highest BCUT2D eigenvalue weighted by Crippen LogP contribution is 2.19. The number of anilines is 1. The lowest BCUT2D eigenvalue weighted by Gasteiger charge is -2.09. The monoisotopic (exact) mass is 261 g/mol. The smallest absolute Gasteiger partial charge is 0.119 e. The SMILES string of the molecule is Cc1ccc(NCCOc2ccccc2)cc1Cl. The summed E-state index contributed by atoms with van der Waals surface area (Å²) in [5.74, 6) is 0.890. The number of ether oxygens (including phenoxy) is 1. The minimum Gasteiger partial charge on any atom is -0.492 e. The maximum atomic E-state index is 6.05. The average molecular weight is 262 g/mol. The fourth-order valence-electron chi connectivity index (χ4n) is 1.58. The molecule has 0 saturated carbocycles. The third kappa shape index (κ3) is 3.67. The summed E-state index contributed by atoms with van der Waals surface area (Å²) in [6.07, 6.45) is 0. The van der Waals surface area contributed by atoms with Crippen LogP contribution in [0.4, 0.5) is 5.69 Å². The molecule has 0 bridgehead atoms. The first kappa shape index (κ1) is 12.8. The summed E-state index contributed by atoms with van der Waals surface area (Å²) in [4.78, 5) is 0. The van der Waals surface area contributed by atoms with Crippen molar-refractivity contribution in [3.05, 3.63) is 59.1 Å². The van der Waals surface area contributed by atoms with Crippen LogP contribution in [0.25, 0.3) is 0 Å². The van der Waals surface area contributed by atoms with Crippen LogP contribution in [0.3, 0.4) is 0 Å². The molecule has 0 fully saturated rings. The molecule has 0 aliphatic rings. The molecule has 0 radical (unpaired) electrons. The van der Waals surface area contributed by atoms with Crippen LogP contribution in [0.15, 0.2) is 48.5 Å². The number of hydrogen-bond acceptors (Lipinski definition) is 2. The highest BCUT2D eigenvalue weighted by Gasteiger charge is 1.97. The number of halogens is 1. The Hall–Kier alpha value is -1.67. The van der Waals surface area contributed by atoms with Gasteiger partial charge in [-0.15, -0.1) is 0 Å². The summed E-state index contributed by atoms with van der Waals surface area (Å²) in [7, 11) is 0. The van der Waals surface area contributed by atoms with E-state index in [1.54, 1.807) is 0 Å². The predicted molar refractivity (Wildman–Crippen MR) is 76.6 cm³/mol. The lowest BCUT2D eigenvalue weighted by Crippen LogP contribution is -2.11. The lowest BCUT2D eigenvalue weighted by atomic mass is 10.2. The van der Waals surface area contributed by atoms with Crippen molar-refractivity contribution < 1.29 is 4.74 Å².